The fraction of sp³-hybridized carbons (Fsp3) is 0.0714. The SMILES string of the molecule is C1=Cc2c3c4ccccc4nc-3ccn2C1. The molecule has 4 rings (SSSR count). The standard InChI is InChI=1S/C14H10N2/c1-2-5-11-10(4-1)14-12(15-11)7-9-16-8-3-6-13(14)16/h1-7,9H,8H2. The molecule has 2 heteroatoms. The highest BCUT2D eigenvalue weighted by atomic mass is 15.0. The molecule has 2 nitrogen and oxygen atoms in total. The lowest BCUT2D eigenvalue weighted by molar-refractivity contribution is 0.831. The van der Waals surface area contributed by atoms with Crippen LogP contribution in [0.4, 0.5) is 0 Å². The van der Waals surface area contributed by atoms with Gasteiger partial charge in [0.25, 0.3) is 0 Å². The highest BCUT2D eigenvalue weighted by Gasteiger charge is 2.17. The van der Waals surface area contributed by atoms with Gasteiger partial charge in [0, 0.05) is 23.7 Å². The van der Waals surface area contributed by atoms with E-state index in [4.69, 9.17) is 0 Å². The van der Waals surface area contributed by atoms with Crippen LogP contribution in [0.3, 0.4) is 0 Å². The van der Waals surface area contributed by atoms with Gasteiger partial charge in [-0.1, -0.05) is 24.3 Å². The predicted molar refractivity (Wildman–Crippen MR) is 65.4 cm³/mol. The van der Waals surface area contributed by atoms with Crippen molar-refractivity contribution in [3.63, 3.8) is 0 Å². The van der Waals surface area contributed by atoms with E-state index in [0.717, 1.165) is 17.8 Å². The fourth-order valence-corrected chi connectivity index (χ4v) is 2.50. The highest BCUT2D eigenvalue weighted by molar-refractivity contribution is 6.00. The fourth-order valence-electron chi connectivity index (χ4n) is 2.50. The van der Waals surface area contributed by atoms with Crippen LogP contribution in [0.1, 0.15) is 5.69 Å². The second-order valence-electron chi connectivity index (χ2n) is 4.14. The Labute approximate surface area is 93.2 Å². The van der Waals surface area contributed by atoms with Gasteiger partial charge in [0.1, 0.15) is 0 Å². The Kier molecular flexibility index (Phi) is 1.38. The Bertz CT molecular complexity index is 691. The van der Waals surface area contributed by atoms with Crippen LogP contribution < -0.4 is 0 Å². The maximum Gasteiger partial charge on any atom is 0.0751 e. The summed E-state index contributed by atoms with van der Waals surface area (Å²) in [5.74, 6) is 0. The number of hydrogen-bond acceptors (Lipinski definition) is 1. The zero-order valence-electron chi connectivity index (χ0n) is 8.72. The second-order valence-corrected chi connectivity index (χ2v) is 4.14. The summed E-state index contributed by atoms with van der Waals surface area (Å²) in [6, 6.07) is 10.4. The molecule has 0 atom stereocenters. The molecule has 0 saturated carbocycles. The van der Waals surface area contributed by atoms with E-state index in [9.17, 15) is 0 Å². The van der Waals surface area contributed by atoms with E-state index in [0.29, 0.717) is 0 Å². The molecule has 0 unspecified atom stereocenters. The molecule has 1 aromatic carbocycles. The summed E-state index contributed by atoms with van der Waals surface area (Å²) >= 11 is 0. The average Bonchev–Trinajstić information content (AvgIpc) is 2.91. The molecular weight excluding hydrogens is 196 g/mol. The molecule has 16 heavy (non-hydrogen) atoms. The van der Waals surface area contributed by atoms with Gasteiger partial charge in [0.2, 0.25) is 0 Å². The maximum absolute atomic E-state index is 4.65. The summed E-state index contributed by atoms with van der Waals surface area (Å²) in [6.45, 7) is 0.977. The number of rotatable bonds is 0. The Morgan fingerprint density at radius 1 is 1.12 bits per heavy atom. The van der Waals surface area contributed by atoms with Gasteiger partial charge in [0.05, 0.1) is 16.9 Å². The van der Waals surface area contributed by atoms with Gasteiger partial charge in [-0.15, -0.1) is 0 Å². The van der Waals surface area contributed by atoms with Crippen LogP contribution in [0.25, 0.3) is 28.2 Å². The molecule has 0 radical (unpaired) electrons. The number of fused-ring (bicyclic) bond motifs is 5. The molecule has 0 aliphatic carbocycles. The van der Waals surface area contributed by atoms with Crippen LogP contribution in [0.5, 0.6) is 0 Å². The number of allylic oxidation sites excluding steroid dienone is 1. The van der Waals surface area contributed by atoms with Crippen LogP contribution in [-0.2, 0) is 6.54 Å². The highest BCUT2D eigenvalue weighted by Crippen LogP contribution is 2.35. The third-order valence-corrected chi connectivity index (χ3v) is 3.23. The lowest BCUT2D eigenvalue weighted by Crippen LogP contribution is -1.98. The first-order chi connectivity index (χ1) is 7.93. The van der Waals surface area contributed by atoms with E-state index in [2.05, 4.69) is 52.2 Å². The van der Waals surface area contributed by atoms with E-state index in [1.165, 1.54) is 16.6 Å². The number of nitrogens with zero attached hydrogens (tertiary/aromatic N) is 2. The number of aromatic nitrogens is 2. The monoisotopic (exact) mass is 206 g/mol. The molecule has 76 valence electrons. The second kappa shape index (κ2) is 2.73. The molecular formula is C14H10N2. The topological polar surface area (TPSA) is 17.8 Å². The van der Waals surface area contributed by atoms with Crippen molar-refractivity contribution in [2.24, 2.45) is 0 Å². The van der Waals surface area contributed by atoms with E-state index in [1.807, 2.05) is 6.07 Å². The van der Waals surface area contributed by atoms with E-state index in [1.54, 1.807) is 0 Å². The van der Waals surface area contributed by atoms with Gasteiger partial charge in [0.15, 0.2) is 0 Å². The maximum atomic E-state index is 4.65. The van der Waals surface area contributed by atoms with Gasteiger partial charge >= 0.3 is 0 Å². The lowest BCUT2D eigenvalue weighted by Gasteiger charge is -2.08. The number of pyridine rings is 1. The molecule has 0 fully saturated rings. The van der Waals surface area contributed by atoms with Crippen LogP contribution in [-0.4, -0.2) is 9.55 Å². The third-order valence-electron chi connectivity index (χ3n) is 3.23. The van der Waals surface area contributed by atoms with Gasteiger partial charge in [-0.05, 0) is 18.2 Å². The minimum Gasteiger partial charge on any atom is -0.344 e. The molecule has 3 aliphatic heterocycles. The van der Waals surface area contributed by atoms with Gasteiger partial charge < -0.3 is 4.57 Å². The predicted octanol–water partition coefficient (Wildman–Crippen LogP) is 3.17. The molecule has 0 N–H and O–H groups in total. The van der Waals surface area contributed by atoms with Crippen LogP contribution in [0.2, 0.25) is 0 Å². The summed E-state index contributed by atoms with van der Waals surface area (Å²) in [6.07, 6.45) is 6.50. The van der Waals surface area contributed by atoms with Crippen molar-refractivity contribution in [1.82, 2.24) is 9.55 Å². The summed E-state index contributed by atoms with van der Waals surface area (Å²) in [4.78, 5) is 4.65. The Hall–Kier alpha value is -2.09. The van der Waals surface area contributed by atoms with Crippen molar-refractivity contribution in [3.05, 3.63) is 48.3 Å². The van der Waals surface area contributed by atoms with Crippen molar-refractivity contribution in [1.29, 1.82) is 0 Å². The third kappa shape index (κ3) is 0.890. The van der Waals surface area contributed by atoms with Crippen molar-refractivity contribution < 1.29 is 0 Å². The number of benzene rings is 1. The van der Waals surface area contributed by atoms with Gasteiger partial charge in [-0.3, -0.25) is 0 Å². The summed E-state index contributed by atoms with van der Waals surface area (Å²) < 4.78 is 2.26. The van der Waals surface area contributed by atoms with E-state index < -0.39 is 0 Å². The first-order valence-corrected chi connectivity index (χ1v) is 5.47. The van der Waals surface area contributed by atoms with Crippen molar-refractivity contribution in [2.45, 2.75) is 6.54 Å². The van der Waals surface area contributed by atoms with Crippen LogP contribution >= 0.6 is 0 Å². The van der Waals surface area contributed by atoms with Crippen molar-refractivity contribution >= 4 is 17.0 Å². The minimum atomic E-state index is 0.977. The molecule has 3 heterocycles. The van der Waals surface area contributed by atoms with Gasteiger partial charge in [-0.2, -0.15) is 0 Å². The smallest absolute Gasteiger partial charge is 0.0751 e. The number of hydrogen-bond donors (Lipinski definition) is 0. The molecule has 0 aromatic heterocycles. The molecule has 0 bridgehead atoms. The molecule has 0 spiro atoms. The summed E-state index contributed by atoms with van der Waals surface area (Å²) in [5.41, 5.74) is 4.75. The van der Waals surface area contributed by atoms with E-state index >= 15 is 0 Å². The summed E-state index contributed by atoms with van der Waals surface area (Å²) in [5, 5.41) is 1.26. The summed E-state index contributed by atoms with van der Waals surface area (Å²) in [7, 11) is 0. The normalized spacial score (nSPS) is 13.8. The Morgan fingerprint density at radius 3 is 3.06 bits per heavy atom. The molecule has 1 aromatic rings. The first-order valence-electron chi connectivity index (χ1n) is 5.47. The van der Waals surface area contributed by atoms with Crippen molar-refractivity contribution in [3.8, 4) is 11.3 Å². The number of para-hydroxylation sites is 1. The quantitative estimate of drug-likeness (QED) is 0.552. The van der Waals surface area contributed by atoms with Gasteiger partial charge in [-0.25, -0.2) is 4.98 Å². The lowest BCUT2D eigenvalue weighted by atomic mass is 10.1. The minimum absolute atomic E-state index is 0.977. The zero-order chi connectivity index (χ0) is 10.5. The molecule has 0 amide bonds. The first kappa shape index (κ1) is 8.11. The van der Waals surface area contributed by atoms with Crippen LogP contribution in [0, 0.1) is 0 Å². The molecule has 3 aliphatic rings. The molecule has 0 saturated heterocycles. The average molecular weight is 206 g/mol. The van der Waals surface area contributed by atoms with E-state index in [-0.39, 0.29) is 0 Å². The van der Waals surface area contributed by atoms with Crippen molar-refractivity contribution in [2.75, 3.05) is 0 Å². The Morgan fingerprint density at radius 2 is 2.06 bits per heavy atom. The Balaban J connectivity index is 2.26. The largest absolute Gasteiger partial charge is 0.344 e. The zero-order valence-corrected chi connectivity index (χ0v) is 8.72. The van der Waals surface area contributed by atoms with Crippen LogP contribution in [0.15, 0.2) is 42.6 Å².